The average molecular weight is 376 g/mol. The van der Waals surface area contributed by atoms with E-state index in [0.29, 0.717) is 19.0 Å². The molecule has 0 spiro atoms. The zero-order valence-corrected chi connectivity index (χ0v) is 16.7. The van der Waals surface area contributed by atoms with Crippen molar-refractivity contribution < 1.29 is 4.79 Å². The van der Waals surface area contributed by atoms with Crippen LogP contribution in [0.3, 0.4) is 0 Å². The summed E-state index contributed by atoms with van der Waals surface area (Å²) in [6, 6.07) is 2.06. The second-order valence-corrected chi connectivity index (χ2v) is 8.87. The summed E-state index contributed by atoms with van der Waals surface area (Å²) in [5.41, 5.74) is 5.62. The molecule has 6 nitrogen and oxygen atoms in total. The van der Waals surface area contributed by atoms with Gasteiger partial charge in [-0.25, -0.2) is 9.97 Å². The molecule has 1 aliphatic rings. The molecule has 1 saturated heterocycles. The highest BCUT2D eigenvalue weighted by molar-refractivity contribution is 7.16. The van der Waals surface area contributed by atoms with Crippen LogP contribution in [-0.2, 0) is 4.79 Å². The fraction of sp³-hybridized carbons (Fsp3) is 0.632. The summed E-state index contributed by atoms with van der Waals surface area (Å²) in [4.78, 5) is 25.0. The first kappa shape index (κ1) is 19.0. The molecule has 3 rings (SSSR count). The van der Waals surface area contributed by atoms with E-state index in [2.05, 4.69) is 40.1 Å². The SMILES string of the molecule is CC(C)CC(C)(CN)NC(=O)C1CCCN(c2ncnc3sccc23)C1. The second kappa shape index (κ2) is 7.88. The third-order valence-corrected chi connectivity index (χ3v) is 5.89. The van der Waals surface area contributed by atoms with Crippen molar-refractivity contribution in [2.75, 3.05) is 24.5 Å². The summed E-state index contributed by atoms with van der Waals surface area (Å²) in [7, 11) is 0. The van der Waals surface area contributed by atoms with Gasteiger partial charge in [0.25, 0.3) is 0 Å². The third-order valence-electron chi connectivity index (χ3n) is 5.07. The summed E-state index contributed by atoms with van der Waals surface area (Å²) in [6.45, 7) is 8.43. The van der Waals surface area contributed by atoms with Gasteiger partial charge in [0.2, 0.25) is 5.91 Å². The van der Waals surface area contributed by atoms with Crippen molar-refractivity contribution in [3.8, 4) is 0 Å². The van der Waals surface area contributed by atoms with Crippen LogP contribution in [0.2, 0.25) is 0 Å². The van der Waals surface area contributed by atoms with E-state index < -0.39 is 0 Å². The van der Waals surface area contributed by atoms with Crippen LogP contribution >= 0.6 is 11.3 Å². The van der Waals surface area contributed by atoms with Gasteiger partial charge in [0.15, 0.2) is 0 Å². The van der Waals surface area contributed by atoms with Crippen molar-refractivity contribution in [3.05, 3.63) is 17.8 Å². The second-order valence-electron chi connectivity index (χ2n) is 7.97. The summed E-state index contributed by atoms with van der Waals surface area (Å²) in [5, 5.41) is 6.34. The molecule has 2 aromatic heterocycles. The fourth-order valence-electron chi connectivity index (χ4n) is 3.90. The van der Waals surface area contributed by atoms with Crippen molar-refractivity contribution in [1.29, 1.82) is 0 Å². The number of fused-ring (bicyclic) bond motifs is 1. The summed E-state index contributed by atoms with van der Waals surface area (Å²) >= 11 is 1.62. The standard InChI is InChI=1S/C19H29N5OS/c1-13(2)9-19(3,11-20)23-17(25)14-5-4-7-24(10-14)16-15-6-8-26-18(15)22-12-21-16/h6,8,12-14H,4-5,7,9-11,20H2,1-3H3,(H,23,25). The minimum atomic E-state index is -0.344. The molecule has 0 aliphatic carbocycles. The Morgan fingerprint density at radius 2 is 2.31 bits per heavy atom. The van der Waals surface area contributed by atoms with Crippen LogP contribution in [0.4, 0.5) is 5.82 Å². The number of rotatable bonds is 6. The lowest BCUT2D eigenvalue weighted by molar-refractivity contribution is -0.127. The van der Waals surface area contributed by atoms with Crippen LogP contribution in [0.1, 0.15) is 40.0 Å². The van der Waals surface area contributed by atoms with Gasteiger partial charge in [-0.3, -0.25) is 4.79 Å². The normalized spacial score (nSPS) is 20.3. The van der Waals surface area contributed by atoms with Gasteiger partial charge in [-0.2, -0.15) is 0 Å². The molecule has 1 aliphatic heterocycles. The molecule has 3 N–H and O–H groups in total. The molecule has 2 atom stereocenters. The maximum atomic E-state index is 12.9. The quantitative estimate of drug-likeness (QED) is 0.811. The molecule has 0 saturated carbocycles. The Hall–Kier alpha value is -1.73. The molecule has 0 bridgehead atoms. The Morgan fingerprint density at radius 1 is 1.50 bits per heavy atom. The van der Waals surface area contributed by atoms with E-state index >= 15 is 0 Å². The zero-order chi connectivity index (χ0) is 18.7. The largest absolute Gasteiger partial charge is 0.355 e. The van der Waals surface area contributed by atoms with Crippen LogP contribution in [0, 0.1) is 11.8 Å². The number of nitrogens with zero attached hydrogens (tertiary/aromatic N) is 3. The maximum absolute atomic E-state index is 12.9. The predicted molar refractivity (Wildman–Crippen MR) is 107 cm³/mol. The molecule has 26 heavy (non-hydrogen) atoms. The number of carbonyl (C=O) groups is 1. The number of amides is 1. The molecule has 1 amide bonds. The Kier molecular flexibility index (Phi) is 5.77. The van der Waals surface area contributed by atoms with Crippen molar-refractivity contribution in [3.63, 3.8) is 0 Å². The van der Waals surface area contributed by atoms with Gasteiger partial charge in [-0.1, -0.05) is 13.8 Å². The number of anilines is 1. The number of hydrogen-bond donors (Lipinski definition) is 2. The lowest BCUT2D eigenvalue weighted by Crippen LogP contribution is -2.55. The molecule has 1 fully saturated rings. The predicted octanol–water partition coefficient (Wildman–Crippen LogP) is 2.79. The summed E-state index contributed by atoms with van der Waals surface area (Å²) in [6.07, 6.45) is 4.39. The minimum Gasteiger partial charge on any atom is -0.355 e. The molecule has 0 aromatic carbocycles. The van der Waals surface area contributed by atoms with Crippen molar-refractivity contribution in [2.24, 2.45) is 17.6 Å². The van der Waals surface area contributed by atoms with E-state index in [4.69, 9.17) is 5.73 Å². The molecule has 3 heterocycles. The lowest BCUT2D eigenvalue weighted by Gasteiger charge is -2.37. The Balaban J connectivity index is 1.72. The average Bonchev–Trinajstić information content (AvgIpc) is 3.09. The van der Waals surface area contributed by atoms with Gasteiger partial charge in [0, 0.05) is 25.2 Å². The van der Waals surface area contributed by atoms with Crippen LogP contribution in [0.25, 0.3) is 10.2 Å². The Labute approximate surface area is 159 Å². The van der Waals surface area contributed by atoms with Crippen molar-refractivity contribution in [2.45, 2.75) is 45.6 Å². The first-order chi connectivity index (χ1) is 12.4. The number of thiophene rings is 1. The highest BCUT2D eigenvalue weighted by Crippen LogP contribution is 2.30. The zero-order valence-electron chi connectivity index (χ0n) is 15.9. The monoisotopic (exact) mass is 375 g/mol. The van der Waals surface area contributed by atoms with Crippen molar-refractivity contribution >= 4 is 33.3 Å². The number of aromatic nitrogens is 2. The Morgan fingerprint density at radius 3 is 3.04 bits per heavy atom. The number of hydrogen-bond acceptors (Lipinski definition) is 6. The maximum Gasteiger partial charge on any atom is 0.225 e. The number of carbonyl (C=O) groups excluding carboxylic acids is 1. The molecule has 2 unspecified atom stereocenters. The smallest absolute Gasteiger partial charge is 0.225 e. The number of nitrogens with one attached hydrogen (secondary N) is 1. The van der Waals surface area contributed by atoms with Gasteiger partial charge in [0.05, 0.1) is 11.3 Å². The summed E-state index contributed by atoms with van der Waals surface area (Å²) < 4.78 is 0. The lowest BCUT2D eigenvalue weighted by atomic mass is 9.89. The van der Waals surface area contributed by atoms with Gasteiger partial charge >= 0.3 is 0 Å². The van der Waals surface area contributed by atoms with E-state index in [1.165, 1.54) is 0 Å². The van der Waals surface area contributed by atoms with Gasteiger partial charge in [-0.15, -0.1) is 11.3 Å². The van der Waals surface area contributed by atoms with E-state index in [0.717, 1.165) is 41.8 Å². The molecular formula is C19H29N5OS. The molecule has 7 heteroatoms. The fourth-order valence-corrected chi connectivity index (χ4v) is 4.63. The van der Waals surface area contributed by atoms with Crippen LogP contribution in [-0.4, -0.2) is 41.0 Å². The molecule has 2 aromatic rings. The Bertz CT molecular complexity index is 761. The molecule has 0 radical (unpaired) electrons. The minimum absolute atomic E-state index is 0.0366. The first-order valence-electron chi connectivity index (χ1n) is 9.37. The van der Waals surface area contributed by atoms with E-state index in [9.17, 15) is 4.79 Å². The van der Waals surface area contributed by atoms with Gasteiger partial charge in [-0.05, 0) is 43.6 Å². The summed E-state index contributed by atoms with van der Waals surface area (Å²) in [5.74, 6) is 1.50. The topological polar surface area (TPSA) is 84.1 Å². The van der Waals surface area contributed by atoms with Gasteiger partial charge in [0.1, 0.15) is 17.0 Å². The van der Waals surface area contributed by atoms with Crippen LogP contribution < -0.4 is 16.0 Å². The number of piperidine rings is 1. The highest BCUT2D eigenvalue weighted by atomic mass is 32.1. The van der Waals surface area contributed by atoms with E-state index in [1.807, 2.05) is 12.3 Å². The number of nitrogens with two attached hydrogens (primary N) is 1. The van der Waals surface area contributed by atoms with Crippen molar-refractivity contribution in [1.82, 2.24) is 15.3 Å². The highest BCUT2D eigenvalue weighted by Gasteiger charge is 2.32. The van der Waals surface area contributed by atoms with Gasteiger partial charge < -0.3 is 16.0 Å². The van der Waals surface area contributed by atoms with E-state index in [1.54, 1.807) is 17.7 Å². The first-order valence-corrected chi connectivity index (χ1v) is 10.2. The third kappa shape index (κ3) is 4.15. The van der Waals surface area contributed by atoms with E-state index in [-0.39, 0.29) is 17.4 Å². The molecular weight excluding hydrogens is 346 g/mol. The molecule has 142 valence electrons. The van der Waals surface area contributed by atoms with Crippen LogP contribution in [0.5, 0.6) is 0 Å². The van der Waals surface area contributed by atoms with Crippen LogP contribution in [0.15, 0.2) is 17.8 Å².